The number of amides is 3. The molecule has 3 rings (SSSR count). The van der Waals surface area contributed by atoms with Crippen LogP contribution in [-0.4, -0.2) is 65.0 Å². The van der Waals surface area contributed by atoms with Crippen LogP contribution < -0.4 is 0 Å². The Labute approximate surface area is 152 Å². The molecule has 3 amide bonds. The van der Waals surface area contributed by atoms with Crippen LogP contribution in [0.25, 0.3) is 0 Å². The zero-order valence-electron chi connectivity index (χ0n) is 14.3. The zero-order valence-corrected chi connectivity index (χ0v) is 14.3. The molecular formula is C17H18F5N3O2. The Morgan fingerprint density at radius 3 is 2.30 bits per heavy atom. The van der Waals surface area contributed by atoms with E-state index >= 15 is 0 Å². The summed E-state index contributed by atoms with van der Waals surface area (Å²) in [6, 6.07) is 2.44. The largest absolute Gasteiger partial charge is 0.406 e. The van der Waals surface area contributed by atoms with Gasteiger partial charge in [0.25, 0.3) is 5.91 Å². The van der Waals surface area contributed by atoms with Gasteiger partial charge in [0.2, 0.25) is 0 Å². The van der Waals surface area contributed by atoms with E-state index in [2.05, 4.69) is 0 Å². The molecule has 2 fully saturated rings. The summed E-state index contributed by atoms with van der Waals surface area (Å²) >= 11 is 0. The first-order chi connectivity index (χ1) is 12.6. The van der Waals surface area contributed by atoms with Crippen LogP contribution in [0.5, 0.6) is 0 Å². The van der Waals surface area contributed by atoms with Gasteiger partial charge in [0.15, 0.2) is 11.6 Å². The lowest BCUT2D eigenvalue weighted by Gasteiger charge is -2.36. The summed E-state index contributed by atoms with van der Waals surface area (Å²) in [6.07, 6.45) is -3.65. The number of piperidine rings is 1. The number of hydrogen-bond donors (Lipinski definition) is 0. The number of urea groups is 1. The van der Waals surface area contributed by atoms with Crippen LogP contribution in [0.3, 0.4) is 0 Å². The third kappa shape index (κ3) is 4.55. The Balaban J connectivity index is 1.55. The SMILES string of the molecule is O=C1CN(C2CCN(Cc3ccc(F)c(F)c3)CC2)C(=O)N1CC(F)(F)F. The second kappa shape index (κ2) is 7.41. The van der Waals surface area contributed by atoms with Crippen LogP contribution in [0.15, 0.2) is 18.2 Å². The smallest absolute Gasteiger partial charge is 0.312 e. The van der Waals surface area contributed by atoms with Crippen LogP contribution in [0.1, 0.15) is 18.4 Å². The lowest BCUT2D eigenvalue weighted by molar-refractivity contribution is -0.151. The highest BCUT2D eigenvalue weighted by molar-refractivity contribution is 6.02. The molecule has 0 aliphatic carbocycles. The number of alkyl halides is 3. The Morgan fingerprint density at radius 2 is 1.70 bits per heavy atom. The van der Waals surface area contributed by atoms with Crippen LogP contribution in [0.4, 0.5) is 26.7 Å². The second-order valence-corrected chi connectivity index (χ2v) is 6.76. The van der Waals surface area contributed by atoms with Crippen LogP contribution in [0, 0.1) is 11.6 Å². The van der Waals surface area contributed by atoms with E-state index < -0.39 is 36.3 Å². The Bertz CT molecular complexity index is 732. The summed E-state index contributed by atoms with van der Waals surface area (Å²) in [5.41, 5.74) is 0.608. The van der Waals surface area contributed by atoms with Crippen molar-refractivity contribution in [1.29, 1.82) is 0 Å². The van der Waals surface area contributed by atoms with Crippen molar-refractivity contribution in [3.8, 4) is 0 Å². The molecule has 2 heterocycles. The van der Waals surface area contributed by atoms with Crippen LogP contribution in [-0.2, 0) is 11.3 Å². The molecule has 0 aromatic heterocycles. The number of rotatable bonds is 4. The average Bonchev–Trinajstić information content (AvgIpc) is 2.86. The molecule has 1 aromatic rings. The van der Waals surface area contributed by atoms with Crippen molar-refractivity contribution in [2.45, 2.75) is 31.6 Å². The summed E-state index contributed by atoms with van der Waals surface area (Å²) in [6.45, 7) is -0.461. The number of halogens is 5. The molecule has 2 aliphatic heterocycles. The first-order valence-electron chi connectivity index (χ1n) is 8.48. The highest BCUT2D eigenvalue weighted by atomic mass is 19.4. The first-order valence-corrected chi connectivity index (χ1v) is 8.48. The topological polar surface area (TPSA) is 43.9 Å². The zero-order chi connectivity index (χ0) is 19.8. The molecule has 27 heavy (non-hydrogen) atoms. The van der Waals surface area contributed by atoms with Crippen LogP contribution in [0.2, 0.25) is 0 Å². The molecule has 148 valence electrons. The number of carbonyl (C=O) groups excluding carboxylic acids is 2. The van der Waals surface area contributed by atoms with Gasteiger partial charge < -0.3 is 4.90 Å². The van der Waals surface area contributed by atoms with Crippen molar-refractivity contribution < 1.29 is 31.5 Å². The monoisotopic (exact) mass is 391 g/mol. The summed E-state index contributed by atoms with van der Waals surface area (Å²) in [4.78, 5) is 27.4. The van der Waals surface area contributed by atoms with Crippen molar-refractivity contribution in [2.24, 2.45) is 0 Å². The highest BCUT2D eigenvalue weighted by Gasteiger charge is 2.45. The lowest BCUT2D eigenvalue weighted by atomic mass is 10.0. The van der Waals surface area contributed by atoms with Crippen LogP contribution >= 0.6 is 0 Å². The predicted molar refractivity (Wildman–Crippen MR) is 84.5 cm³/mol. The molecule has 0 N–H and O–H groups in total. The molecule has 0 unspecified atom stereocenters. The number of likely N-dealkylation sites (tertiary alicyclic amines) is 1. The molecule has 2 saturated heterocycles. The Kier molecular flexibility index (Phi) is 5.36. The lowest BCUT2D eigenvalue weighted by Crippen LogP contribution is -2.47. The molecular weight excluding hydrogens is 373 g/mol. The van der Waals surface area contributed by atoms with Gasteiger partial charge in [-0.25, -0.2) is 13.6 Å². The summed E-state index contributed by atoms with van der Waals surface area (Å²) in [7, 11) is 0. The van der Waals surface area contributed by atoms with Gasteiger partial charge in [-0.2, -0.15) is 13.2 Å². The van der Waals surface area contributed by atoms with E-state index in [0.717, 1.165) is 12.1 Å². The minimum atomic E-state index is -4.63. The minimum Gasteiger partial charge on any atom is -0.312 e. The van der Waals surface area contributed by atoms with Gasteiger partial charge in [0, 0.05) is 25.7 Å². The summed E-state index contributed by atoms with van der Waals surface area (Å²) in [5, 5.41) is 0. The summed E-state index contributed by atoms with van der Waals surface area (Å²) < 4.78 is 63.8. The number of nitrogens with zero attached hydrogens (tertiary/aromatic N) is 3. The van der Waals surface area contributed by atoms with Crippen molar-refractivity contribution in [2.75, 3.05) is 26.2 Å². The number of carbonyl (C=O) groups is 2. The second-order valence-electron chi connectivity index (χ2n) is 6.76. The number of hydrogen-bond acceptors (Lipinski definition) is 3. The standard InChI is InChI=1S/C17H18F5N3O2/c18-13-2-1-11(7-14(13)19)8-23-5-3-12(4-6-23)24-9-15(26)25(16(24)27)10-17(20,21)22/h1-2,7,12H,3-6,8-10H2. The van der Waals surface area contributed by atoms with Crippen molar-refractivity contribution >= 4 is 11.9 Å². The van der Waals surface area contributed by atoms with Crippen molar-refractivity contribution in [3.05, 3.63) is 35.4 Å². The maximum atomic E-state index is 13.3. The normalized spacial score (nSPS) is 20.0. The molecule has 0 saturated carbocycles. The number of imide groups is 1. The molecule has 10 heteroatoms. The van der Waals surface area contributed by atoms with E-state index in [1.807, 2.05) is 4.90 Å². The van der Waals surface area contributed by atoms with E-state index in [1.165, 1.54) is 11.0 Å². The van der Waals surface area contributed by atoms with E-state index in [-0.39, 0.29) is 17.5 Å². The van der Waals surface area contributed by atoms with E-state index in [4.69, 9.17) is 0 Å². The quantitative estimate of drug-likeness (QED) is 0.586. The van der Waals surface area contributed by atoms with Gasteiger partial charge >= 0.3 is 12.2 Å². The molecule has 0 spiro atoms. The fourth-order valence-corrected chi connectivity index (χ4v) is 3.47. The van der Waals surface area contributed by atoms with Gasteiger partial charge in [0.05, 0.1) is 0 Å². The fraction of sp³-hybridized carbons (Fsp3) is 0.529. The fourth-order valence-electron chi connectivity index (χ4n) is 3.47. The molecule has 2 aliphatic rings. The Hall–Kier alpha value is -2.23. The van der Waals surface area contributed by atoms with Gasteiger partial charge in [-0.1, -0.05) is 6.07 Å². The average molecular weight is 391 g/mol. The van der Waals surface area contributed by atoms with Gasteiger partial charge in [-0.05, 0) is 30.5 Å². The third-order valence-electron chi connectivity index (χ3n) is 4.81. The van der Waals surface area contributed by atoms with Crippen molar-refractivity contribution in [1.82, 2.24) is 14.7 Å². The van der Waals surface area contributed by atoms with Gasteiger partial charge in [0.1, 0.15) is 13.1 Å². The Morgan fingerprint density at radius 1 is 1.04 bits per heavy atom. The van der Waals surface area contributed by atoms with Gasteiger partial charge in [-0.15, -0.1) is 0 Å². The molecule has 0 radical (unpaired) electrons. The maximum Gasteiger partial charge on any atom is 0.406 e. The highest BCUT2D eigenvalue weighted by Crippen LogP contribution is 2.26. The molecule has 5 nitrogen and oxygen atoms in total. The summed E-state index contributed by atoms with van der Waals surface area (Å²) in [5.74, 6) is -2.69. The van der Waals surface area contributed by atoms with E-state index in [9.17, 15) is 31.5 Å². The molecule has 1 aromatic carbocycles. The predicted octanol–water partition coefficient (Wildman–Crippen LogP) is 2.76. The molecule has 0 bridgehead atoms. The van der Waals surface area contributed by atoms with E-state index in [0.29, 0.717) is 38.0 Å². The van der Waals surface area contributed by atoms with E-state index in [1.54, 1.807) is 0 Å². The molecule has 0 atom stereocenters. The number of benzene rings is 1. The first kappa shape index (κ1) is 19.5. The minimum absolute atomic E-state index is 0.244. The van der Waals surface area contributed by atoms with Crippen molar-refractivity contribution in [3.63, 3.8) is 0 Å². The third-order valence-corrected chi connectivity index (χ3v) is 4.81. The van der Waals surface area contributed by atoms with Gasteiger partial charge in [-0.3, -0.25) is 14.6 Å². The maximum absolute atomic E-state index is 13.3.